The summed E-state index contributed by atoms with van der Waals surface area (Å²) < 4.78 is 0. The van der Waals surface area contributed by atoms with Gasteiger partial charge in [-0.05, 0) is 44.8 Å². The van der Waals surface area contributed by atoms with Crippen molar-refractivity contribution in [2.75, 3.05) is 26.7 Å². The van der Waals surface area contributed by atoms with Crippen LogP contribution in [0.4, 0.5) is 0 Å². The maximum Gasteiger partial charge on any atom is 0.0148 e. The van der Waals surface area contributed by atoms with Crippen LogP contribution in [0.5, 0.6) is 0 Å². The van der Waals surface area contributed by atoms with E-state index >= 15 is 0 Å². The Hall–Kier alpha value is -0.0800. The molecule has 2 heteroatoms. The quantitative estimate of drug-likeness (QED) is 0.664. The van der Waals surface area contributed by atoms with Crippen LogP contribution in [0.25, 0.3) is 0 Å². The summed E-state index contributed by atoms with van der Waals surface area (Å²) in [6.45, 7) is 5.95. The molecule has 0 amide bonds. The molecule has 0 aromatic heterocycles. The third-order valence-corrected chi connectivity index (χ3v) is 3.47. The van der Waals surface area contributed by atoms with Crippen molar-refractivity contribution in [2.45, 2.75) is 32.2 Å². The molecule has 0 aromatic carbocycles. The zero-order valence-electron chi connectivity index (χ0n) is 8.27. The van der Waals surface area contributed by atoms with Crippen LogP contribution in [0.3, 0.4) is 0 Å². The standard InChI is InChI=1S/C10H20N2/c1-3-11-9-4-7-12(2)8-10(9)5-6-10/h9,11H,3-8H2,1-2H3. The van der Waals surface area contributed by atoms with Crippen LogP contribution >= 0.6 is 0 Å². The van der Waals surface area contributed by atoms with E-state index in [1.54, 1.807) is 0 Å². The largest absolute Gasteiger partial charge is 0.314 e. The molecular weight excluding hydrogens is 148 g/mol. The topological polar surface area (TPSA) is 15.3 Å². The van der Waals surface area contributed by atoms with Gasteiger partial charge in [-0.2, -0.15) is 0 Å². The van der Waals surface area contributed by atoms with Crippen LogP contribution in [-0.4, -0.2) is 37.6 Å². The van der Waals surface area contributed by atoms with E-state index in [0.717, 1.165) is 12.6 Å². The fraction of sp³-hybridized carbons (Fsp3) is 1.00. The molecule has 1 heterocycles. The summed E-state index contributed by atoms with van der Waals surface area (Å²) in [5.74, 6) is 0. The van der Waals surface area contributed by atoms with Crippen molar-refractivity contribution in [2.24, 2.45) is 5.41 Å². The summed E-state index contributed by atoms with van der Waals surface area (Å²) >= 11 is 0. The lowest BCUT2D eigenvalue weighted by atomic mass is 9.89. The Morgan fingerprint density at radius 1 is 1.50 bits per heavy atom. The van der Waals surface area contributed by atoms with E-state index in [2.05, 4.69) is 24.2 Å². The SMILES string of the molecule is CCNC1CCN(C)CC12CC2. The molecule has 70 valence electrons. The summed E-state index contributed by atoms with van der Waals surface area (Å²) in [6, 6.07) is 0.818. The Labute approximate surface area is 75.3 Å². The first-order valence-corrected chi connectivity index (χ1v) is 5.19. The first-order valence-electron chi connectivity index (χ1n) is 5.19. The first-order chi connectivity index (χ1) is 5.77. The van der Waals surface area contributed by atoms with Gasteiger partial charge in [0.15, 0.2) is 0 Å². The van der Waals surface area contributed by atoms with Gasteiger partial charge < -0.3 is 10.2 Å². The minimum absolute atomic E-state index is 0.684. The van der Waals surface area contributed by atoms with Gasteiger partial charge in [0.05, 0.1) is 0 Å². The molecule has 0 radical (unpaired) electrons. The Balaban J connectivity index is 1.96. The molecule has 1 unspecified atom stereocenters. The highest BCUT2D eigenvalue weighted by Gasteiger charge is 2.51. The van der Waals surface area contributed by atoms with E-state index in [-0.39, 0.29) is 0 Å². The summed E-state index contributed by atoms with van der Waals surface area (Å²) in [5, 5.41) is 3.63. The fourth-order valence-corrected chi connectivity index (χ4v) is 2.61. The predicted octanol–water partition coefficient (Wildman–Crippen LogP) is 1.08. The van der Waals surface area contributed by atoms with Crippen molar-refractivity contribution in [3.8, 4) is 0 Å². The molecule has 0 bridgehead atoms. The molecule has 2 rings (SSSR count). The van der Waals surface area contributed by atoms with Gasteiger partial charge in [-0.25, -0.2) is 0 Å². The predicted molar refractivity (Wildman–Crippen MR) is 51.2 cm³/mol. The lowest BCUT2D eigenvalue weighted by Crippen LogP contribution is -2.49. The van der Waals surface area contributed by atoms with Gasteiger partial charge >= 0.3 is 0 Å². The van der Waals surface area contributed by atoms with Gasteiger partial charge in [0.2, 0.25) is 0 Å². The zero-order chi connectivity index (χ0) is 8.60. The maximum absolute atomic E-state index is 3.63. The van der Waals surface area contributed by atoms with Gasteiger partial charge in [0, 0.05) is 12.6 Å². The van der Waals surface area contributed by atoms with Gasteiger partial charge in [0.1, 0.15) is 0 Å². The summed E-state index contributed by atoms with van der Waals surface area (Å²) in [6.07, 6.45) is 4.26. The normalized spacial score (nSPS) is 34.0. The highest BCUT2D eigenvalue weighted by molar-refractivity contribution is 5.06. The number of piperidine rings is 1. The van der Waals surface area contributed by atoms with Crippen molar-refractivity contribution in [3.05, 3.63) is 0 Å². The minimum atomic E-state index is 0.684. The molecular formula is C10H20N2. The van der Waals surface area contributed by atoms with Crippen molar-refractivity contribution >= 4 is 0 Å². The first kappa shape index (κ1) is 8.52. The van der Waals surface area contributed by atoms with Crippen LogP contribution in [0.2, 0.25) is 0 Å². The van der Waals surface area contributed by atoms with Crippen molar-refractivity contribution in [3.63, 3.8) is 0 Å². The molecule has 1 aliphatic carbocycles. The van der Waals surface area contributed by atoms with E-state index < -0.39 is 0 Å². The van der Waals surface area contributed by atoms with Crippen LogP contribution in [0.1, 0.15) is 26.2 Å². The second kappa shape index (κ2) is 3.00. The van der Waals surface area contributed by atoms with Crippen molar-refractivity contribution in [1.82, 2.24) is 10.2 Å². The van der Waals surface area contributed by atoms with Crippen LogP contribution in [0, 0.1) is 5.41 Å². The molecule has 1 spiro atoms. The van der Waals surface area contributed by atoms with Crippen molar-refractivity contribution < 1.29 is 0 Å². The van der Waals surface area contributed by atoms with E-state index in [9.17, 15) is 0 Å². The maximum atomic E-state index is 3.63. The third kappa shape index (κ3) is 1.38. The van der Waals surface area contributed by atoms with E-state index in [0.29, 0.717) is 5.41 Å². The molecule has 0 aromatic rings. The Bertz CT molecular complexity index is 163. The molecule has 1 atom stereocenters. The van der Waals surface area contributed by atoms with Crippen LogP contribution in [0.15, 0.2) is 0 Å². The number of hydrogen-bond acceptors (Lipinski definition) is 2. The molecule has 1 aliphatic heterocycles. The smallest absolute Gasteiger partial charge is 0.0148 e. The molecule has 1 N–H and O–H groups in total. The second-order valence-electron chi connectivity index (χ2n) is 4.50. The number of rotatable bonds is 2. The Morgan fingerprint density at radius 3 is 2.83 bits per heavy atom. The molecule has 1 saturated carbocycles. The third-order valence-electron chi connectivity index (χ3n) is 3.47. The molecule has 2 aliphatic rings. The zero-order valence-corrected chi connectivity index (χ0v) is 8.27. The molecule has 2 fully saturated rings. The summed E-state index contributed by atoms with van der Waals surface area (Å²) in [7, 11) is 2.25. The minimum Gasteiger partial charge on any atom is -0.314 e. The molecule has 1 saturated heterocycles. The average molecular weight is 168 g/mol. The van der Waals surface area contributed by atoms with Gasteiger partial charge in [0.25, 0.3) is 0 Å². The number of nitrogens with one attached hydrogen (secondary N) is 1. The average Bonchev–Trinajstić information content (AvgIpc) is 2.77. The number of hydrogen-bond donors (Lipinski definition) is 1. The van der Waals surface area contributed by atoms with E-state index in [4.69, 9.17) is 0 Å². The van der Waals surface area contributed by atoms with Gasteiger partial charge in [-0.15, -0.1) is 0 Å². The van der Waals surface area contributed by atoms with E-state index in [1.165, 1.54) is 32.4 Å². The number of likely N-dealkylation sites (tertiary alicyclic amines) is 1. The lowest BCUT2D eigenvalue weighted by Gasteiger charge is -2.37. The fourth-order valence-electron chi connectivity index (χ4n) is 2.61. The number of nitrogens with zero attached hydrogens (tertiary/aromatic N) is 1. The second-order valence-corrected chi connectivity index (χ2v) is 4.50. The summed E-state index contributed by atoms with van der Waals surface area (Å²) in [4.78, 5) is 2.49. The highest BCUT2D eigenvalue weighted by Crippen LogP contribution is 2.51. The van der Waals surface area contributed by atoms with Crippen molar-refractivity contribution in [1.29, 1.82) is 0 Å². The van der Waals surface area contributed by atoms with E-state index in [1.807, 2.05) is 0 Å². The molecule has 12 heavy (non-hydrogen) atoms. The molecule has 2 nitrogen and oxygen atoms in total. The Kier molecular flexibility index (Phi) is 2.13. The lowest BCUT2D eigenvalue weighted by molar-refractivity contribution is 0.148. The summed E-state index contributed by atoms with van der Waals surface area (Å²) in [5.41, 5.74) is 0.684. The van der Waals surface area contributed by atoms with Gasteiger partial charge in [-0.3, -0.25) is 0 Å². The monoisotopic (exact) mass is 168 g/mol. The van der Waals surface area contributed by atoms with Crippen LogP contribution < -0.4 is 5.32 Å². The Morgan fingerprint density at radius 2 is 2.25 bits per heavy atom. The highest BCUT2D eigenvalue weighted by atomic mass is 15.1. The van der Waals surface area contributed by atoms with Crippen LogP contribution in [-0.2, 0) is 0 Å². The van der Waals surface area contributed by atoms with Gasteiger partial charge in [-0.1, -0.05) is 6.92 Å².